The van der Waals surface area contributed by atoms with Gasteiger partial charge in [0.05, 0.1) is 11.1 Å². The van der Waals surface area contributed by atoms with Gasteiger partial charge in [-0.25, -0.2) is 0 Å². The molecule has 0 radical (unpaired) electrons. The zero-order valence-electron chi connectivity index (χ0n) is 12.5. The Morgan fingerprint density at radius 3 is 1.92 bits per heavy atom. The van der Waals surface area contributed by atoms with E-state index in [1.54, 1.807) is 0 Å². The van der Waals surface area contributed by atoms with Crippen molar-refractivity contribution in [2.75, 3.05) is 5.32 Å². The standard InChI is InChI=1S/C15H7ClF6NO.Na/c16-11-3-1-2-8(4-11)13(24)23-12-6-9(14(17,18)19)5-10(7-12)15(20,21)22;/h1,3-7H,(H,23,24);/q-1;+1. The monoisotopic (exact) mass is 389 g/mol. The molecule has 0 aliphatic rings. The Morgan fingerprint density at radius 2 is 1.48 bits per heavy atom. The van der Waals surface area contributed by atoms with Crippen molar-refractivity contribution < 1.29 is 60.7 Å². The molecule has 0 atom stereocenters. The van der Waals surface area contributed by atoms with Gasteiger partial charge in [0.2, 0.25) is 0 Å². The average Bonchev–Trinajstić information content (AvgIpc) is 2.45. The SMILES string of the molecule is O=C(Nc1cc(C(F)(F)F)cc(C(F)(F)F)c1)c1[c-]ccc(Cl)c1.[Na+]. The maximum Gasteiger partial charge on any atom is 1.00 e. The maximum atomic E-state index is 12.7. The van der Waals surface area contributed by atoms with Crippen molar-refractivity contribution in [3.05, 3.63) is 64.2 Å². The third-order valence-corrected chi connectivity index (χ3v) is 3.09. The van der Waals surface area contributed by atoms with Gasteiger partial charge in [0, 0.05) is 5.69 Å². The molecule has 10 heteroatoms. The van der Waals surface area contributed by atoms with Crippen LogP contribution in [0.1, 0.15) is 21.5 Å². The van der Waals surface area contributed by atoms with Crippen LogP contribution in [-0.2, 0) is 12.4 Å². The number of alkyl halides is 6. The van der Waals surface area contributed by atoms with Crippen LogP contribution in [0.15, 0.2) is 36.4 Å². The van der Waals surface area contributed by atoms with Crippen LogP contribution in [0.2, 0.25) is 5.02 Å². The molecule has 0 saturated heterocycles. The molecule has 0 aromatic heterocycles. The van der Waals surface area contributed by atoms with E-state index in [1.807, 2.05) is 5.32 Å². The molecule has 0 aliphatic carbocycles. The summed E-state index contributed by atoms with van der Waals surface area (Å²) in [7, 11) is 0. The van der Waals surface area contributed by atoms with Crippen LogP contribution in [0.4, 0.5) is 32.0 Å². The minimum Gasteiger partial charge on any atom is -0.362 e. The maximum absolute atomic E-state index is 12.7. The number of amides is 1. The number of nitrogens with one attached hydrogen (secondary N) is 1. The second kappa shape index (κ2) is 7.99. The van der Waals surface area contributed by atoms with Gasteiger partial charge in [-0.05, 0) is 23.2 Å². The molecular weight excluding hydrogens is 383 g/mol. The second-order valence-electron chi connectivity index (χ2n) is 4.67. The fourth-order valence-corrected chi connectivity index (χ4v) is 1.97. The molecule has 2 aromatic carbocycles. The van der Waals surface area contributed by atoms with Gasteiger partial charge in [0.25, 0.3) is 0 Å². The third kappa shape index (κ3) is 5.91. The summed E-state index contributed by atoms with van der Waals surface area (Å²) >= 11 is 5.66. The second-order valence-corrected chi connectivity index (χ2v) is 5.11. The number of rotatable bonds is 2. The molecule has 0 bridgehead atoms. The summed E-state index contributed by atoms with van der Waals surface area (Å²) in [5.41, 5.74) is -3.82. The van der Waals surface area contributed by atoms with Crippen molar-refractivity contribution in [3.63, 3.8) is 0 Å². The van der Waals surface area contributed by atoms with E-state index in [2.05, 4.69) is 6.07 Å². The number of halogens is 7. The zero-order chi connectivity index (χ0) is 18.1. The summed E-state index contributed by atoms with van der Waals surface area (Å²) in [4.78, 5) is 11.9. The van der Waals surface area contributed by atoms with E-state index in [0.717, 1.165) is 0 Å². The predicted molar refractivity (Wildman–Crippen MR) is 74.7 cm³/mol. The van der Waals surface area contributed by atoms with Gasteiger partial charge in [-0.2, -0.15) is 26.3 Å². The zero-order valence-corrected chi connectivity index (χ0v) is 15.3. The molecule has 0 unspecified atom stereocenters. The molecule has 128 valence electrons. The summed E-state index contributed by atoms with van der Waals surface area (Å²) < 4.78 is 76.5. The van der Waals surface area contributed by atoms with Gasteiger partial charge in [-0.1, -0.05) is 5.56 Å². The van der Waals surface area contributed by atoms with Crippen LogP contribution in [0.25, 0.3) is 0 Å². The van der Waals surface area contributed by atoms with E-state index in [1.165, 1.54) is 18.2 Å². The number of benzene rings is 2. The first-order valence-electron chi connectivity index (χ1n) is 6.25. The molecule has 2 nitrogen and oxygen atoms in total. The van der Waals surface area contributed by atoms with E-state index in [9.17, 15) is 31.1 Å². The van der Waals surface area contributed by atoms with Gasteiger partial charge in [0.1, 0.15) is 0 Å². The molecule has 2 aromatic rings. The largest absolute Gasteiger partial charge is 1.00 e. The Kier molecular flexibility index (Phi) is 6.97. The fraction of sp³-hybridized carbons (Fsp3) is 0.133. The molecule has 0 saturated carbocycles. The smallest absolute Gasteiger partial charge is 0.362 e. The van der Waals surface area contributed by atoms with E-state index in [-0.39, 0.29) is 46.2 Å². The summed E-state index contributed by atoms with van der Waals surface area (Å²) in [5.74, 6) is -0.940. The van der Waals surface area contributed by atoms with Crippen molar-refractivity contribution in [1.29, 1.82) is 0 Å². The van der Waals surface area contributed by atoms with E-state index < -0.39 is 35.1 Å². The minimum absolute atomic E-state index is 0. The van der Waals surface area contributed by atoms with E-state index >= 15 is 0 Å². The molecule has 2 rings (SSSR count). The normalized spacial score (nSPS) is 11.6. The summed E-state index contributed by atoms with van der Waals surface area (Å²) in [6.45, 7) is 0. The average molecular weight is 390 g/mol. The Bertz CT molecular complexity index is 743. The van der Waals surface area contributed by atoms with Crippen LogP contribution >= 0.6 is 11.6 Å². The first-order chi connectivity index (χ1) is 11.0. The molecule has 0 heterocycles. The van der Waals surface area contributed by atoms with E-state index in [0.29, 0.717) is 12.1 Å². The Labute approximate surface area is 165 Å². The number of anilines is 1. The summed E-state index contributed by atoms with van der Waals surface area (Å²) in [5, 5.41) is 2.15. The first kappa shape index (κ1) is 21.8. The van der Waals surface area contributed by atoms with Crippen LogP contribution < -0.4 is 34.9 Å². The van der Waals surface area contributed by atoms with Crippen molar-refractivity contribution in [2.24, 2.45) is 0 Å². The van der Waals surface area contributed by atoms with Crippen LogP contribution in [0.3, 0.4) is 0 Å². The molecule has 0 fully saturated rings. The summed E-state index contributed by atoms with van der Waals surface area (Å²) in [6, 6.07) is 7.16. The fourth-order valence-electron chi connectivity index (χ4n) is 1.80. The van der Waals surface area contributed by atoms with Gasteiger partial charge in [-0.15, -0.1) is 35.9 Å². The minimum atomic E-state index is -5.00. The van der Waals surface area contributed by atoms with Crippen LogP contribution in [0.5, 0.6) is 0 Å². The topological polar surface area (TPSA) is 29.1 Å². The quantitative estimate of drug-likeness (QED) is 0.477. The third-order valence-electron chi connectivity index (χ3n) is 2.85. The van der Waals surface area contributed by atoms with Crippen LogP contribution in [0, 0.1) is 6.07 Å². The first-order valence-corrected chi connectivity index (χ1v) is 6.63. The van der Waals surface area contributed by atoms with Gasteiger partial charge in [0.15, 0.2) is 5.91 Å². The van der Waals surface area contributed by atoms with Gasteiger partial charge >= 0.3 is 41.9 Å². The number of hydrogen-bond acceptors (Lipinski definition) is 1. The molecular formula is C15H7ClF6NNaO. The van der Waals surface area contributed by atoms with Gasteiger partial charge in [-0.3, -0.25) is 0 Å². The van der Waals surface area contributed by atoms with Crippen molar-refractivity contribution in [3.8, 4) is 0 Å². The molecule has 1 N–H and O–H groups in total. The molecule has 0 aliphatic heterocycles. The number of hydrogen-bond donors (Lipinski definition) is 1. The van der Waals surface area contributed by atoms with Gasteiger partial charge < -0.3 is 10.1 Å². The molecule has 0 spiro atoms. The Morgan fingerprint density at radius 1 is 0.960 bits per heavy atom. The molecule has 25 heavy (non-hydrogen) atoms. The number of carbonyl (C=O) groups excluding carboxylic acids is 1. The van der Waals surface area contributed by atoms with E-state index in [4.69, 9.17) is 11.6 Å². The molecule has 1 amide bonds. The number of carbonyl (C=O) groups is 1. The van der Waals surface area contributed by atoms with Crippen molar-refractivity contribution in [2.45, 2.75) is 12.4 Å². The summed E-state index contributed by atoms with van der Waals surface area (Å²) in [6.07, 6.45) is -9.99. The Balaban J connectivity index is 0.00000312. The Hall–Kier alpha value is -1.22. The van der Waals surface area contributed by atoms with Crippen LogP contribution in [-0.4, -0.2) is 5.91 Å². The predicted octanol–water partition coefficient (Wildman–Crippen LogP) is 2.43. The van der Waals surface area contributed by atoms with Crippen molar-refractivity contribution in [1.82, 2.24) is 0 Å². The van der Waals surface area contributed by atoms with Crippen molar-refractivity contribution >= 4 is 23.2 Å².